The van der Waals surface area contributed by atoms with Crippen molar-refractivity contribution in [2.24, 2.45) is 0 Å². The van der Waals surface area contributed by atoms with Crippen LogP contribution in [0.1, 0.15) is 36.2 Å². The molecule has 0 saturated carbocycles. The van der Waals surface area contributed by atoms with Crippen LogP contribution >= 0.6 is 0 Å². The number of ketones is 1. The predicted molar refractivity (Wildman–Crippen MR) is 56.0 cm³/mol. The van der Waals surface area contributed by atoms with Crippen LogP contribution in [-0.2, 0) is 6.61 Å². The Morgan fingerprint density at radius 2 is 2.20 bits per heavy atom. The van der Waals surface area contributed by atoms with Gasteiger partial charge in [0.15, 0.2) is 5.78 Å². The largest absolute Gasteiger partial charge is 0.487 e. The lowest BCUT2D eigenvalue weighted by molar-refractivity contribution is 0.0619. The lowest BCUT2D eigenvalue weighted by atomic mass is 9.92. The Bertz CT molecular complexity index is 407. The molecule has 0 radical (unpaired) electrons. The van der Waals surface area contributed by atoms with Gasteiger partial charge in [0.05, 0.1) is 18.6 Å². The molecule has 3 heteroatoms. The van der Waals surface area contributed by atoms with Gasteiger partial charge in [0.25, 0.3) is 0 Å². The van der Waals surface area contributed by atoms with Gasteiger partial charge in [-0.15, -0.1) is 0 Å². The maximum Gasteiger partial charge on any atom is 0.170 e. The number of carbonyl (C=O) groups excluding carboxylic acids is 1. The molecule has 80 valence electrons. The maximum atomic E-state index is 11.8. The number of ether oxygens (including phenoxy) is 1. The van der Waals surface area contributed by atoms with Crippen molar-refractivity contribution in [1.82, 2.24) is 0 Å². The molecule has 1 aromatic carbocycles. The Hall–Kier alpha value is -1.35. The summed E-state index contributed by atoms with van der Waals surface area (Å²) >= 11 is 0. The maximum absolute atomic E-state index is 11.8. The fourth-order valence-electron chi connectivity index (χ4n) is 1.80. The van der Waals surface area contributed by atoms with Gasteiger partial charge in [0.2, 0.25) is 0 Å². The van der Waals surface area contributed by atoms with Gasteiger partial charge in [-0.05, 0) is 31.5 Å². The first-order valence-electron chi connectivity index (χ1n) is 4.98. The van der Waals surface area contributed by atoms with Crippen molar-refractivity contribution in [2.75, 3.05) is 0 Å². The van der Waals surface area contributed by atoms with E-state index < -0.39 is 5.60 Å². The minimum absolute atomic E-state index is 0.0516. The van der Waals surface area contributed by atoms with Gasteiger partial charge in [-0.2, -0.15) is 0 Å². The van der Waals surface area contributed by atoms with Crippen LogP contribution in [0, 0.1) is 0 Å². The second-order valence-electron chi connectivity index (χ2n) is 4.45. The van der Waals surface area contributed by atoms with Crippen LogP contribution in [-0.4, -0.2) is 16.5 Å². The third kappa shape index (κ3) is 1.88. The fraction of sp³-hybridized carbons (Fsp3) is 0.417. The highest BCUT2D eigenvalue weighted by atomic mass is 16.5. The lowest BCUT2D eigenvalue weighted by Crippen LogP contribution is -2.35. The van der Waals surface area contributed by atoms with E-state index in [0.717, 1.165) is 5.56 Å². The van der Waals surface area contributed by atoms with Crippen LogP contribution in [0.2, 0.25) is 0 Å². The van der Waals surface area contributed by atoms with E-state index in [1.54, 1.807) is 18.2 Å². The van der Waals surface area contributed by atoms with E-state index in [1.165, 1.54) is 0 Å². The number of aliphatic hydroxyl groups excluding tert-OH is 1. The van der Waals surface area contributed by atoms with E-state index in [4.69, 9.17) is 9.84 Å². The Morgan fingerprint density at radius 1 is 1.47 bits per heavy atom. The Balaban J connectivity index is 2.46. The molecule has 2 rings (SSSR count). The monoisotopic (exact) mass is 206 g/mol. The van der Waals surface area contributed by atoms with Crippen molar-refractivity contribution in [3.63, 3.8) is 0 Å². The zero-order valence-electron chi connectivity index (χ0n) is 8.91. The molecule has 0 fully saturated rings. The van der Waals surface area contributed by atoms with Crippen LogP contribution in [0.25, 0.3) is 0 Å². The Labute approximate surface area is 88.7 Å². The molecule has 1 aliphatic rings. The van der Waals surface area contributed by atoms with Crippen LogP contribution in [0.5, 0.6) is 5.75 Å². The van der Waals surface area contributed by atoms with Gasteiger partial charge in [-0.3, -0.25) is 4.79 Å². The molecule has 0 unspecified atom stereocenters. The SMILES string of the molecule is CC1(C)CC(=O)c2cc(CO)ccc2O1. The molecule has 1 heterocycles. The highest BCUT2D eigenvalue weighted by Gasteiger charge is 2.32. The molecule has 0 spiro atoms. The van der Waals surface area contributed by atoms with E-state index in [-0.39, 0.29) is 12.4 Å². The summed E-state index contributed by atoms with van der Waals surface area (Å²) in [6.45, 7) is 3.74. The average Bonchev–Trinajstić information content (AvgIpc) is 2.15. The summed E-state index contributed by atoms with van der Waals surface area (Å²) in [5.41, 5.74) is 0.899. The average molecular weight is 206 g/mol. The summed E-state index contributed by atoms with van der Waals surface area (Å²) in [7, 11) is 0. The highest BCUT2D eigenvalue weighted by Crippen LogP contribution is 2.33. The van der Waals surface area contributed by atoms with Gasteiger partial charge < -0.3 is 9.84 Å². The third-order valence-electron chi connectivity index (χ3n) is 2.50. The van der Waals surface area contributed by atoms with Crippen LogP contribution < -0.4 is 4.74 Å². The number of Topliss-reactive ketones (excluding diaryl/α,β-unsaturated/α-hetero) is 1. The minimum atomic E-state index is -0.426. The smallest absolute Gasteiger partial charge is 0.170 e. The van der Waals surface area contributed by atoms with Gasteiger partial charge in [-0.25, -0.2) is 0 Å². The van der Waals surface area contributed by atoms with Crippen molar-refractivity contribution in [2.45, 2.75) is 32.5 Å². The zero-order chi connectivity index (χ0) is 11.1. The number of hydrogen-bond acceptors (Lipinski definition) is 3. The molecule has 1 N–H and O–H groups in total. The van der Waals surface area contributed by atoms with Crippen LogP contribution in [0.15, 0.2) is 18.2 Å². The Kier molecular flexibility index (Phi) is 2.27. The summed E-state index contributed by atoms with van der Waals surface area (Å²) in [4.78, 5) is 11.8. The molecule has 15 heavy (non-hydrogen) atoms. The standard InChI is InChI=1S/C12H14O3/c1-12(2)6-10(14)9-5-8(7-13)3-4-11(9)15-12/h3-5,13H,6-7H2,1-2H3. The van der Waals surface area contributed by atoms with Crippen LogP contribution in [0.3, 0.4) is 0 Å². The summed E-state index contributed by atoms with van der Waals surface area (Å²) in [6.07, 6.45) is 0.384. The lowest BCUT2D eigenvalue weighted by Gasteiger charge is -2.31. The van der Waals surface area contributed by atoms with Gasteiger partial charge in [0, 0.05) is 0 Å². The highest BCUT2D eigenvalue weighted by molar-refractivity contribution is 6.00. The van der Waals surface area contributed by atoms with Gasteiger partial charge >= 0.3 is 0 Å². The zero-order valence-corrected chi connectivity index (χ0v) is 8.91. The molecule has 0 aromatic heterocycles. The molecule has 0 saturated heterocycles. The van der Waals surface area contributed by atoms with Crippen molar-refractivity contribution in [1.29, 1.82) is 0 Å². The molecule has 0 bridgehead atoms. The van der Waals surface area contributed by atoms with Crippen molar-refractivity contribution < 1.29 is 14.6 Å². The molecule has 3 nitrogen and oxygen atoms in total. The molecule has 1 aromatic rings. The van der Waals surface area contributed by atoms with Gasteiger partial charge in [0.1, 0.15) is 11.4 Å². The van der Waals surface area contributed by atoms with E-state index in [0.29, 0.717) is 17.7 Å². The molecular formula is C12H14O3. The molecule has 1 aliphatic heterocycles. The van der Waals surface area contributed by atoms with Crippen molar-refractivity contribution >= 4 is 5.78 Å². The summed E-state index contributed by atoms with van der Waals surface area (Å²) < 4.78 is 5.69. The molecule has 0 atom stereocenters. The van der Waals surface area contributed by atoms with Gasteiger partial charge in [-0.1, -0.05) is 6.07 Å². The first kappa shape index (κ1) is 10.2. The number of rotatable bonds is 1. The van der Waals surface area contributed by atoms with E-state index >= 15 is 0 Å². The van der Waals surface area contributed by atoms with Crippen molar-refractivity contribution in [3.05, 3.63) is 29.3 Å². The fourth-order valence-corrected chi connectivity index (χ4v) is 1.80. The molecule has 0 amide bonds. The Morgan fingerprint density at radius 3 is 2.87 bits per heavy atom. The summed E-state index contributed by atoms with van der Waals surface area (Å²) in [6, 6.07) is 5.22. The minimum Gasteiger partial charge on any atom is -0.487 e. The number of carbonyl (C=O) groups is 1. The molecule has 0 aliphatic carbocycles. The number of fused-ring (bicyclic) bond motifs is 1. The van der Waals surface area contributed by atoms with Crippen LogP contribution in [0.4, 0.5) is 0 Å². The molecular weight excluding hydrogens is 192 g/mol. The quantitative estimate of drug-likeness (QED) is 0.763. The summed E-state index contributed by atoms with van der Waals surface area (Å²) in [5, 5.41) is 8.98. The first-order valence-corrected chi connectivity index (χ1v) is 4.98. The normalized spacial score (nSPS) is 18.2. The second kappa shape index (κ2) is 3.35. The third-order valence-corrected chi connectivity index (χ3v) is 2.50. The van der Waals surface area contributed by atoms with E-state index in [9.17, 15) is 4.79 Å². The topological polar surface area (TPSA) is 46.5 Å². The first-order chi connectivity index (χ1) is 7.02. The second-order valence-corrected chi connectivity index (χ2v) is 4.45. The predicted octanol–water partition coefficient (Wildman–Crippen LogP) is 1.92. The van der Waals surface area contributed by atoms with E-state index in [2.05, 4.69) is 0 Å². The number of benzene rings is 1. The number of aliphatic hydroxyl groups is 1. The van der Waals surface area contributed by atoms with Crippen molar-refractivity contribution in [3.8, 4) is 5.75 Å². The number of hydrogen-bond donors (Lipinski definition) is 1. The van der Waals surface area contributed by atoms with E-state index in [1.807, 2.05) is 13.8 Å². The summed E-state index contributed by atoms with van der Waals surface area (Å²) in [5.74, 6) is 0.699.